The third-order valence-electron chi connectivity index (χ3n) is 2.55. The van der Waals surface area contributed by atoms with Crippen LogP contribution in [0, 0.1) is 0 Å². The smallest absolute Gasteiger partial charge is 0.320 e. The number of ether oxygens (including phenoxy) is 1. The van der Waals surface area contributed by atoms with Crippen LogP contribution in [0.4, 0.5) is 10.6 Å². The molecule has 0 spiro atoms. The Bertz CT molecular complexity index is 422. The van der Waals surface area contributed by atoms with Gasteiger partial charge >= 0.3 is 6.03 Å². The SMILES string of the molecule is CC(C)OCCCNC(=O)Nc1cc(C(C)(C)C)on1. The van der Waals surface area contributed by atoms with Gasteiger partial charge in [0, 0.05) is 24.6 Å². The van der Waals surface area contributed by atoms with Crippen molar-refractivity contribution in [1.29, 1.82) is 0 Å². The lowest BCUT2D eigenvalue weighted by Crippen LogP contribution is -2.30. The summed E-state index contributed by atoms with van der Waals surface area (Å²) in [6, 6.07) is 1.45. The Hall–Kier alpha value is -1.56. The van der Waals surface area contributed by atoms with Gasteiger partial charge in [0.05, 0.1) is 6.10 Å². The zero-order valence-corrected chi connectivity index (χ0v) is 12.9. The summed E-state index contributed by atoms with van der Waals surface area (Å²) in [6.07, 6.45) is 0.993. The largest absolute Gasteiger partial charge is 0.379 e. The van der Waals surface area contributed by atoms with Crippen molar-refractivity contribution >= 4 is 11.8 Å². The molecule has 2 amide bonds. The monoisotopic (exact) mass is 283 g/mol. The second kappa shape index (κ2) is 7.28. The molecule has 6 nitrogen and oxygen atoms in total. The summed E-state index contributed by atoms with van der Waals surface area (Å²) in [4.78, 5) is 11.6. The Balaban J connectivity index is 2.27. The molecular weight excluding hydrogens is 258 g/mol. The van der Waals surface area contributed by atoms with E-state index < -0.39 is 0 Å². The highest BCUT2D eigenvalue weighted by Gasteiger charge is 2.20. The normalized spacial score (nSPS) is 11.7. The van der Waals surface area contributed by atoms with Crippen LogP contribution < -0.4 is 10.6 Å². The standard InChI is InChI=1S/C14H25N3O3/c1-10(2)19-8-6-7-15-13(18)16-12-9-11(20-17-12)14(3,4)5/h9-10H,6-8H2,1-5H3,(H2,15,16,17,18). The maximum absolute atomic E-state index is 11.6. The number of hydrogen-bond donors (Lipinski definition) is 2. The van der Waals surface area contributed by atoms with Gasteiger partial charge in [-0.15, -0.1) is 0 Å². The summed E-state index contributed by atoms with van der Waals surface area (Å²) in [5, 5.41) is 9.20. The van der Waals surface area contributed by atoms with Gasteiger partial charge in [-0.1, -0.05) is 25.9 Å². The van der Waals surface area contributed by atoms with E-state index in [-0.39, 0.29) is 17.6 Å². The van der Waals surface area contributed by atoms with E-state index in [2.05, 4.69) is 15.8 Å². The number of rotatable bonds is 6. The second-order valence-corrected chi connectivity index (χ2v) is 5.98. The lowest BCUT2D eigenvalue weighted by molar-refractivity contribution is 0.0775. The molecule has 0 atom stereocenters. The zero-order chi connectivity index (χ0) is 15.2. The lowest BCUT2D eigenvalue weighted by Gasteiger charge is -2.12. The van der Waals surface area contributed by atoms with Gasteiger partial charge in [-0.25, -0.2) is 4.79 Å². The van der Waals surface area contributed by atoms with Gasteiger partial charge in [0.2, 0.25) is 0 Å². The second-order valence-electron chi connectivity index (χ2n) is 5.98. The topological polar surface area (TPSA) is 76.4 Å². The number of nitrogens with one attached hydrogen (secondary N) is 2. The zero-order valence-electron chi connectivity index (χ0n) is 12.9. The van der Waals surface area contributed by atoms with Crippen LogP contribution in [-0.4, -0.2) is 30.4 Å². The van der Waals surface area contributed by atoms with Crippen molar-refractivity contribution < 1.29 is 14.1 Å². The maximum Gasteiger partial charge on any atom is 0.320 e. The van der Waals surface area contributed by atoms with Crippen LogP contribution in [0.2, 0.25) is 0 Å². The molecule has 0 aromatic carbocycles. The summed E-state index contributed by atoms with van der Waals surface area (Å²) in [5.41, 5.74) is -0.127. The Morgan fingerprint density at radius 1 is 1.45 bits per heavy atom. The quantitative estimate of drug-likeness (QED) is 0.787. The van der Waals surface area contributed by atoms with Gasteiger partial charge < -0.3 is 14.6 Å². The van der Waals surface area contributed by atoms with Gasteiger partial charge in [-0.05, 0) is 20.3 Å². The van der Waals surface area contributed by atoms with Crippen molar-refractivity contribution in [2.24, 2.45) is 0 Å². The molecule has 0 bridgehead atoms. The van der Waals surface area contributed by atoms with Crippen LogP contribution in [0.15, 0.2) is 10.6 Å². The number of carbonyl (C=O) groups is 1. The first-order valence-electron chi connectivity index (χ1n) is 6.92. The molecule has 0 unspecified atom stereocenters. The molecule has 2 N–H and O–H groups in total. The minimum atomic E-state index is -0.289. The number of nitrogens with zero attached hydrogens (tertiary/aromatic N) is 1. The molecule has 0 radical (unpaired) electrons. The van der Waals surface area contributed by atoms with Crippen molar-refractivity contribution in [3.8, 4) is 0 Å². The van der Waals surface area contributed by atoms with Crippen LogP contribution in [0.25, 0.3) is 0 Å². The molecule has 1 aromatic heterocycles. The highest BCUT2D eigenvalue weighted by Crippen LogP contribution is 2.24. The molecule has 0 saturated carbocycles. The summed E-state index contributed by atoms with van der Waals surface area (Å²) in [5.74, 6) is 1.16. The van der Waals surface area contributed by atoms with Crippen molar-refractivity contribution in [1.82, 2.24) is 10.5 Å². The minimum absolute atomic E-state index is 0.127. The first-order chi connectivity index (χ1) is 9.29. The summed E-state index contributed by atoms with van der Waals surface area (Å²) in [7, 11) is 0. The van der Waals surface area contributed by atoms with Gasteiger partial charge in [-0.3, -0.25) is 5.32 Å². The molecule has 0 aliphatic heterocycles. The minimum Gasteiger partial charge on any atom is -0.379 e. The molecule has 6 heteroatoms. The summed E-state index contributed by atoms with van der Waals surface area (Å²) in [6.45, 7) is 11.2. The van der Waals surface area contributed by atoms with Crippen LogP contribution in [0.3, 0.4) is 0 Å². The molecule has 20 heavy (non-hydrogen) atoms. The Kier molecular flexibility index (Phi) is 6.01. The van der Waals surface area contributed by atoms with E-state index in [0.29, 0.717) is 19.0 Å². The van der Waals surface area contributed by atoms with Crippen LogP contribution in [0.1, 0.15) is 46.8 Å². The number of hydrogen-bond acceptors (Lipinski definition) is 4. The van der Waals surface area contributed by atoms with Crippen molar-refractivity contribution in [2.75, 3.05) is 18.5 Å². The third-order valence-corrected chi connectivity index (χ3v) is 2.55. The molecule has 0 fully saturated rings. The maximum atomic E-state index is 11.6. The van der Waals surface area contributed by atoms with E-state index in [1.54, 1.807) is 6.07 Å². The van der Waals surface area contributed by atoms with Crippen molar-refractivity contribution in [3.05, 3.63) is 11.8 Å². The molecule has 0 aliphatic carbocycles. The van der Waals surface area contributed by atoms with E-state index in [1.807, 2.05) is 34.6 Å². The summed E-state index contributed by atoms with van der Waals surface area (Å²) < 4.78 is 10.6. The molecule has 1 rings (SSSR count). The fourth-order valence-electron chi connectivity index (χ4n) is 1.44. The van der Waals surface area contributed by atoms with Crippen LogP contribution in [-0.2, 0) is 10.2 Å². The van der Waals surface area contributed by atoms with Crippen LogP contribution >= 0.6 is 0 Å². The number of anilines is 1. The molecule has 114 valence electrons. The van der Waals surface area contributed by atoms with E-state index in [1.165, 1.54) is 0 Å². The number of amides is 2. The van der Waals surface area contributed by atoms with Gasteiger partial charge in [0.15, 0.2) is 5.82 Å². The first kappa shape index (κ1) is 16.5. The fourth-order valence-corrected chi connectivity index (χ4v) is 1.44. The van der Waals surface area contributed by atoms with E-state index in [9.17, 15) is 4.79 Å². The number of urea groups is 1. The van der Waals surface area contributed by atoms with Crippen molar-refractivity contribution in [3.63, 3.8) is 0 Å². The van der Waals surface area contributed by atoms with Gasteiger partial charge in [0.1, 0.15) is 5.76 Å². The van der Waals surface area contributed by atoms with E-state index in [4.69, 9.17) is 9.26 Å². The Morgan fingerprint density at radius 2 is 2.15 bits per heavy atom. The average molecular weight is 283 g/mol. The molecule has 0 aliphatic rings. The predicted octanol–water partition coefficient (Wildman–Crippen LogP) is 2.91. The first-order valence-corrected chi connectivity index (χ1v) is 6.92. The molecule has 1 heterocycles. The van der Waals surface area contributed by atoms with Crippen molar-refractivity contribution in [2.45, 2.75) is 52.6 Å². The average Bonchev–Trinajstić information content (AvgIpc) is 2.76. The molecule has 1 aromatic rings. The molecular formula is C14H25N3O3. The van der Waals surface area contributed by atoms with E-state index >= 15 is 0 Å². The number of carbonyl (C=O) groups excluding carboxylic acids is 1. The molecule has 0 saturated heterocycles. The lowest BCUT2D eigenvalue weighted by atomic mass is 9.93. The Labute approximate surface area is 120 Å². The van der Waals surface area contributed by atoms with Crippen LogP contribution in [0.5, 0.6) is 0 Å². The van der Waals surface area contributed by atoms with Gasteiger partial charge in [-0.2, -0.15) is 0 Å². The predicted molar refractivity (Wildman–Crippen MR) is 77.9 cm³/mol. The Morgan fingerprint density at radius 3 is 2.70 bits per heavy atom. The fraction of sp³-hybridized carbons (Fsp3) is 0.714. The van der Waals surface area contributed by atoms with E-state index in [0.717, 1.165) is 12.2 Å². The van der Waals surface area contributed by atoms with Gasteiger partial charge in [0.25, 0.3) is 0 Å². The number of aromatic nitrogens is 1. The third kappa shape index (κ3) is 6.06. The summed E-state index contributed by atoms with van der Waals surface area (Å²) >= 11 is 0. The highest BCUT2D eigenvalue weighted by molar-refractivity contribution is 5.88. The highest BCUT2D eigenvalue weighted by atomic mass is 16.5.